The zero-order valence-corrected chi connectivity index (χ0v) is 7.15. The van der Waals surface area contributed by atoms with E-state index in [0.29, 0.717) is 5.41 Å². The second-order valence-electron chi connectivity index (χ2n) is 3.31. The average Bonchev–Trinajstić information content (AvgIpc) is 2.59. The maximum Gasteiger partial charge on any atom is -0.00781 e. The van der Waals surface area contributed by atoms with Crippen LogP contribution in [0.4, 0.5) is 0 Å². The first-order chi connectivity index (χ1) is 4.73. The highest BCUT2D eigenvalue weighted by molar-refractivity contribution is 5.33. The Balaban J connectivity index is 2.51. The molecule has 0 aromatic rings. The Kier molecular flexibility index (Phi) is 1.98. The van der Waals surface area contributed by atoms with E-state index in [-0.39, 0.29) is 0 Å². The molecule has 1 aliphatic rings. The van der Waals surface area contributed by atoms with E-state index in [1.165, 1.54) is 12.8 Å². The monoisotopic (exact) mass is 136 g/mol. The van der Waals surface area contributed by atoms with Crippen molar-refractivity contribution >= 4 is 0 Å². The summed E-state index contributed by atoms with van der Waals surface area (Å²) in [5.41, 5.74) is 2.19. The van der Waals surface area contributed by atoms with Crippen molar-refractivity contribution in [1.82, 2.24) is 0 Å². The smallest absolute Gasteiger partial charge is 0.00781 e. The van der Waals surface area contributed by atoms with Crippen molar-refractivity contribution < 1.29 is 0 Å². The van der Waals surface area contributed by atoms with E-state index in [1.807, 2.05) is 0 Å². The van der Waals surface area contributed by atoms with Gasteiger partial charge in [0.05, 0.1) is 0 Å². The van der Waals surface area contributed by atoms with E-state index >= 15 is 0 Å². The topological polar surface area (TPSA) is 0 Å². The van der Waals surface area contributed by atoms with E-state index < -0.39 is 0 Å². The lowest BCUT2D eigenvalue weighted by atomic mass is 10.1. The fourth-order valence-corrected chi connectivity index (χ4v) is 1.20. The zero-order chi connectivity index (χ0) is 7.61. The summed E-state index contributed by atoms with van der Waals surface area (Å²) in [5, 5.41) is 0. The molecule has 0 nitrogen and oxygen atoms in total. The minimum absolute atomic E-state index is 0.569. The van der Waals surface area contributed by atoms with Crippen LogP contribution in [0.5, 0.6) is 0 Å². The van der Waals surface area contributed by atoms with E-state index in [4.69, 9.17) is 0 Å². The van der Waals surface area contributed by atoms with Gasteiger partial charge in [-0.05, 0) is 25.2 Å². The summed E-state index contributed by atoms with van der Waals surface area (Å²) < 4.78 is 0. The molecule has 1 aliphatic carbocycles. The van der Waals surface area contributed by atoms with Crippen LogP contribution >= 0.6 is 0 Å². The predicted octanol–water partition coefficient (Wildman–Crippen LogP) is 3.31. The quantitative estimate of drug-likeness (QED) is 0.546. The minimum Gasteiger partial charge on any atom is -0.0877 e. The highest BCUT2D eigenvalue weighted by atomic mass is 14.5. The molecule has 0 amide bonds. The van der Waals surface area contributed by atoms with Gasteiger partial charge in [0.25, 0.3) is 0 Å². The number of allylic oxidation sites excluding steroid dienone is 4. The normalized spacial score (nSPS) is 35.7. The first-order valence-corrected chi connectivity index (χ1v) is 4.05. The van der Waals surface area contributed by atoms with Gasteiger partial charge in [0.2, 0.25) is 0 Å². The summed E-state index contributed by atoms with van der Waals surface area (Å²) in [6.07, 6.45) is 9.07. The summed E-state index contributed by atoms with van der Waals surface area (Å²) in [6, 6.07) is 0. The van der Waals surface area contributed by atoms with E-state index in [1.54, 1.807) is 5.57 Å². The third-order valence-electron chi connectivity index (χ3n) is 2.50. The Morgan fingerprint density at radius 3 is 2.70 bits per heavy atom. The fourth-order valence-electron chi connectivity index (χ4n) is 1.20. The second-order valence-corrected chi connectivity index (χ2v) is 3.31. The number of rotatable bonds is 2. The fraction of sp³-hybridized carbons (Fsp3) is 0.600. The van der Waals surface area contributed by atoms with Crippen LogP contribution in [0.1, 0.15) is 33.6 Å². The molecule has 0 heterocycles. The summed E-state index contributed by atoms with van der Waals surface area (Å²) in [4.78, 5) is 0. The minimum atomic E-state index is 0.569. The second kappa shape index (κ2) is 2.61. The number of hydrogen-bond donors (Lipinski definition) is 0. The number of hydrogen-bond acceptors (Lipinski definition) is 0. The van der Waals surface area contributed by atoms with Gasteiger partial charge in [-0.3, -0.25) is 0 Å². The van der Waals surface area contributed by atoms with Crippen molar-refractivity contribution in [3.8, 4) is 0 Å². The molecule has 0 radical (unpaired) electrons. The molecule has 0 N–H and O–H groups in total. The van der Waals surface area contributed by atoms with Crippen LogP contribution in [0.2, 0.25) is 0 Å². The van der Waals surface area contributed by atoms with Crippen LogP contribution in [0.15, 0.2) is 23.8 Å². The van der Waals surface area contributed by atoms with Gasteiger partial charge in [-0.2, -0.15) is 0 Å². The molecule has 0 aromatic carbocycles. The molecule has 1 unspecified atom stereocenters. The van der Waals surface area contributed by atoms with Crippen LogP contribution in [-0.4, -0.2) is 0 Å². The molecule has 0 aliphatic heterocycles. The Morgan fingerprint density at radius 2 is 2.30 bits per heavy atom. The molecule has 10 heavy (non-hydrogen) atoms. The molecule has 56 valence electrons. The van der Waals surface area contributed by atoms with Gasteiger partial charge in [0.15, 0.2) is 0 Å². The summed E-state index contributed by atoms with van der Waals surface area (Å²) in [7, 11) is 0. The highest BCUT2D eigenvalue weighted by Crippen LogP contribution is 2.54. The van der Waals surface area contributed by atoms with Crippen LogP contribution in [0.25, 0.3) is 0 Å². The van der Waals surface area contributed by atoms with Crippen molar-refractivity contribution in [1.29, 1.82) is 0 Å². The lowest BCUT2D eigenvalue weighted by Crippen LogP contribution is -1.87. The Labute approximate surface area is 63.6 Å². The lowest BCUT2D eigenvalue weighted by molar-refractivity contribution is 0.579. The van der Waals surface area contributed by atoms with E-state index in [9.17, 15) is 0 Å². The molecule has 1 rings (SSSR count). The molecule has 0 heteroatoms. The third kappa shape index (κ3) is 1.31. The van der Waals surface area contributed by atoms with Crippen LogP contribution in [-0.2, 0) is 0 Å². The van der Waals surface area contributed by atoms with Crippen molar-refractivity contribution in [2.75, 3.05) is 0 Å². The van der Waals surface area contributed by atoms with E-state index in [2.05, 4.69) is 39.0 Å². The molecule has 1 atom stereocenters. The summed E-state index contributed by atoms with van der Waals surface area (Å²) in [5.74, 6) is 0. The molecule has 0 spiro atoms. The van der Waals surface area contributed by atoms with Gasteiger partial charge in [-0.15, -0.1) is 0 Å². The lowest BCUT2D eigenvalue weighted by Gasteiger charge is -1.98. The van der Waals surface area contributed by atoms with Crippen LogP contribution < -0.4 is 0 Å². The summed E-state index contributed by atoms with van der Waals surface area (Å²) >= 11 is 0. The summed E-state index contributed by atoms with van der Waals surface area (Å²) in [6.45, 7) is 6.65. The molecule has 0 saturated heterocycles. The largest absolute Gasteiger partial charge is 0.0877 e. The molecular weight excluding hydrogens is 120 g/mol. The van der Waals surface area contributed by atoms with Gasteiger partial charge in [-0.25, -0.2) is 0 Å². The Hall–Kier alpha value is -0.520. The van der Waals surface area contributed by atoms with Crippen molar-refractivity contribution in [2.45, 2.75) is 33.6 Å². The molecule has 0 bridgehead atoms. The predicted molar refractivity (Wildman–Crippen MR) is 45.9 cm³/mol. The van der Waals surface area contributed by atoms with Crippen molar-refractivity contribution in [3.63, 3.8) is 0 Å². The first kappa shape index (κ1) is 7.59. The molecular formula is C10H16. The Bertz CT molecular complexity index is 174. The highest BCUT2D eigenvalue weighted by Gasteiger charge is 2.41. The van der Waals surface area contributed by atoms with Crippen molar-refractivity contribution in [2.24, 2.45) is 5.41 Å². The van der Waals surface area contributed by atoms with Gasteiger partial charge >= 0.3 is 0 Å². The average molecular weight is 136 g/mol. The molecule has 1 fully saturated rings. The maximum absolute atomic E-state index is 2.34. The van der Waals surface area contributed by atoms with Crippen molar-refractivity contribution in [3.05, 3.63) is 23.8 Å². The zero-order valence-electron chi connectivity index (χ0n) is 7.15. The molecule has 1 saturated carbocycles. The maximum atomic E-state index is 2.34. The Morgan fingerprint density at radius 1 is 1.60 bits per heavy atom. The van der Waals surface area contributed by atoms with Crippen LogP contribution in [0.3, 0.4) is 0 Å². The van der Waals surface area contributed by atoms with Gasteiger partial charge in [0, 0.05) is 0 Å². The SMILES string of the molecule is CC=CC=C1CC1(C)CC. The third-order valence-corrected chi connectivity index (χ3v) is 2.50. The van der Waals surface area contributed by atoms with Crippen LogP contribution in [0, 0.1) is 5.41 Å². The standard InChI is InChI=1S/C10H16/c1-4-6-7-9-8-10(9,3)5-2/h4,6-7H,5,8H2,1-3H3. The van der Waals surface area contributed by atoms with Gasteiger partial charge < -0.3 is 0 Å². The first-order valence-electron chi connectivity index (χ1n) is 4.05. The van der Waals surface area contributed by atoms with Gasteiger partial charge in [-0.1, -0.05) is 37.6 Å². The molecule has 0 aromatic heterocycles. The van der Waals surface area contributed by atoms with E-state index in [0.717, 1.165) is 0 Å². The van der Waals surface area contributed by atoms with Gasteiger partial charge in [0.1, 0.15) is 0 Å².